The van der Waals surface area contributed by atoms with E-state index in [1.807, 2.05) is 0 Å². The molecule has 1 amide bonds. The predicted molar refractivity (Wildman–Crippen MR) is 54.8 cm³/mol. The average Bonchev–Trinajstić information content (AvgIpc) is 2.66. The van der Waals surface area contributed by atoms with E-state index in [-0.39, 0.29) is 15.4 Å². The van der Waals surface area contributed by atoms with E-state index in [2.05, 4.69) is 15.6 Å². The summed E-state index contributed by atoms with van der Waals surface area (Å²) in [5, 5.41) is 9.27. The molecule has 0 spiro atoms. The largest absolute Gasteiger partial charge is 0.379 e. The Labute approximate surface area is 95.2 Å². The van der Waals surface area contributed by atoms with Crippen molar-refractivity contribution in [1.82, 2.24) is 20.6 Å². The van der Waals surface area contributed by atoms with Crippen LogP contribution in [-0.4, -0.2) is 47.4 Å². The van der Waals surface area contributed by atoms with Crippen molar-refractivity contribution in [3.63, 3.8) is 0 Å². The normalized spacial score (nSPS) is 17.7. The van der Waals surface area contributed by atoms with Gasteiger partial charge in [-0.2, -0.15) is 0 Å². The van der Waals surface area contributed by atoms with Gasteiger partial charge in [-0.1, -0.05) is 11.3 Å². The molecule has 1 saturated heterocycles. The number of nitrogens with one attached hydrogen (secondary N) is 1. The van der Waals surface area contributed by atoms with E-state index >= 15 is 0 Å². The van der Waals surface area contributed by atoms with Gasteiger partial charge in [0.2, 0.25) is 9.47 Å². The minimum atomic E-state index is -0.277. The second kappa shape index (κ2) is 4.84. The predicted octanol–water partition coefficient (Wildman–Crippen LogP) is 0.169. The Bertz CT molecular complexity index is 353. The fraction of sp³-hybridized carbons (Fsp3) is 0.571. The minimum Gasteiger partial charge on any atom is -0.379 e. The zero-order valence-electron chi connectivity index (χ0n) is 7.77. The Hall–Kier alpha value is -0.760. The summed E-state index contributed by atoms with van der Waals surface area (Å²) in [4.78, 5) is 11.6. The standard InChI is InChI=1S/C7H9ClN4O2S/c8-7-10-9-6(15-7)5(13)11-12-1-3-14-4-2-12/h1-4H2,(H,11,13). The van der Waals surface area contributed by atoms with Gasteiger partial charge in [0.15, 0.2) is 0 Å². The minimum absolute atomic E-state index is 0.266. The van der Waals surface area contributed by atoms with Crippen LogP contribution in [0.3, 0.4) is 0 Å². The first-order valence-electron chi connectivity index (χ1n) is 4.38. The van der Waals surface area contributed by atoms with Gasteiger partial charge in [-0.05, 0) is 11.6 Å². The van der Waals surface area contributed by atoms with Crippen LogP contribution in [0.25, 0.3) is 0 Å². The van der Waals surface area contributed by atoms with Crippen molar-refractivity contribution < 1.29 is 9.53 Å². The second-order valence-corrected chi connectivity index (χ2v) is 4.46. The van der Waals surface area contributed by atoms with Crippen LogP contribution in [0.15, 0.2) is 0 Å². The van der Waals surface area contributed by atoms with Crippen molar-refractivity contribution in [2.75, 3.05) is 26.3 Å². The van der Waals surface area contributed by atoms with Crippen LogP contribution in [-0.2, 0) is 4.74 Å². The molecule has 0 radical (unpaired) electrons. The lowest BCUT2D eigenvalue weighted by Crippen LogP contribution is -2.48. The molecule has 0 aromatic carbocycles. The summed E-state index contributed by atoms with van der Waals surface area (Å²) in [6.45, 7) is 2.60. The molecule has 1 fully saturated rings. The highest BCUT2D eigenvalue weighted by Crippen LogP contribution is 2.14. The Morgan fingerprint density at radius 2 is 2.20 bits per heavy atom. The van der Waals surface area contributed by atoms with Crippen LogP contribution in [0.4, 0.5) is 0 Å². The van der Waals surface area contributed by atoms with Crippen LogP contribution < -0.4 is 5.43 Å². The molecule has 1 aliphatic rings. The first-order chi connectivity index (χ1) is 7.25. The van der Waals surface area contributed by atoms with Gasteiger partial charge in [-0.15, -0.1) is 10.2 Å². The number of hydrazine groups is 1. The van der Waals surface area contributed by atoms with Gasteiger partial charge in [0, 0.05) is 13.1 Å². The molecule has 0 unspecified atom stereocenters. The molecule has 0 aliphatic carbocycles. The molecule has 1 N–H and O–H groups in total. The molecular formula is C7H9ClN4O2S. The molecule has 1 aliphatic heterocycles. The fourth-order valence-corrected chi connectivity index (χ4v) is 1.88. The number of hydrogen-bond acceptors (Lipinski definition) is 6. The molecule has 8 heteroatoms. The molecule has 2 heterocycles. The molecule has 1 aromatic rings. The van der Waals surface area contributed by atoms with E-state index in [0.717, 1.165) is 11.3 Å². The van der Waals surface area contributed by atoms with E-state index < -0.39 is 0 Å². The number of morpholine rings is 1. The van der Waals surface area contributed by atoms with Gasteiger partial charge in [-0.25, -0.2) is 5.01 Å². The number of ether oxygens (including phenoxy) is 1. The molecule has 2 rings (SSSR count). The monoisotopic (exact) mass is 248 g/mol. The van der Waals surface area contributed by atoms with E-state index in [1.165, 1.54) is 0 Å². The van der Waals surface area contributed by atoms with Crippen LogP contribution in [0, 0.1) is 0 Å². The quantitative estimate of drug-likeness (QED) is 0.808. The van der Waals surface area contributed by atoms with Crippen LogP contribution in [0.5, 0.6) is 0 Å². The lowest BCUT2D eigenvalue weighted by Gasteiger charge is -2.26. The van der Waals surface area contributed by atoms with Crippen LogP contribution in [0.2, 0.25) is 4.47 Å². The first kappa shape index (κ1) is 10.7. The highest BCUT2D eigenvalue weighted by atomic mass is 35.5. The number of halogens is 1. The third kappa shape index (κ3) is 2.85. The van der Waals surface area contributed by atoms with Gasteiger partial charge in [-0.3, -0.25) is 10.2 Å². The van der Waals surface area contributed by atoms with Gasteiger partial charge in [0.25, 0.3) is 5.91 Å². The summed E-state index contributed by atoms with van der Waals surface area (Å²) in [6, 6.07) is 0. The summed E-state index contributed by atoms with van der Waals surface area (Å²) in [5.74, 6) is -0.277. The van der Waals surface area contributed by atoms with Crippen molar-refractivity contribution in [2.24, 2.45) is 0 Å². The number of aromatic nitrogens is 2. The smallest absolute Gasteiger partial charge is 0.296 e. The molecule has 6 nitrogen and oxygen atoms in total. The van der Waals surface area contributed by atoms with Crippen LogP contribution >= 0.6 is 22.9 Å². The topological polar surface area (TPSA) is 67.4 Å². The average molecular weight is 249 g/mol. The zero-order valence-corrected chi connectivity index (χ0v) is 9.35. The number of nitrogens with zero attached hydrogens (tertiary/aromatic N) is 3. The van der Waals surface area contributed by atoms with E-state index in [0.29, 0.717) is 26.3 Å². The number of hydrogen-bond donors (Lipinski definition) is 1. The highest BCUT2D eigenvalue weighted by Gasteiger charge is 2.17. The van der Waals surface area contributed by atoms with E-state index in [4.69, 9.17) is 16.3 Å². The zero-order chi connectivity index (χ0) is 10.7. The van der Waals surface area contributed by atoms with Crippen molar-refractivity contribution >= 4 is 28.8 Å². The van der Waals surface area contributed by atoms with E-state index in [9.17, 15) is 4.79 Å². The lowest BCUT2D eigenvalue weighted by molar-refractivity contribution is 0.0126. The summed E-state index contributed by atoms with van der Waals surface area (Å²) in [5.41, 5.74) is 2.71. The third-order valence-corrected chi connectivity index (χ3v) is 2.88. The second-order valence-electron chi connectivity index (χ2n) is 2.90. The maximum Gasteiger partial charge on any atom is 0.296 e. The van der Waals surface area contributed by atoms with Gasteiger partial charge in [0.1, 0.15) is 0 Å². The van der Waals surface area contributed by atoms with Gasteiger partial charge in [0.05, 0.1) is 13.2 Å². The molecule has 0 atom stereocenters. The van der Waals surface area contributed by atoms with Crippen molar-refractivity contribution in [2.45, 2.75) is 0 Å². The highest BCUT2D eigenvalue weighted by molar-refractivity contribution is 7.17. The van der Waals surface area contributed by atoms with Crippen molar-refractivity contribution in [3.05, 3.63) is 9.47 Å². The molecule has 15 heavy (non-hydrogen) atoms. The fourth-order valence-electron chi connectivity index (χ4n) is 1.16. The Balaban J connectivity index is 1.91. The first-order valence-corrected chi connectivity index (χ1v) is 5.58. The number of amides is 1. The summed E-state index contributed by atoms with van der Waals surface area (Å²) in [7, 11) is 0. The maximum absolute atomic E-state index is 11.6. The van der Waals surface area contributed by atoms with Gasteiger partial charge < -0.3 is 4.74 Å². The molecule has 0 bridgehead atoms. The van der Waals surface area contributed by atoms with E-state index in [1.54, 1.807) is 5.01 Å². The molecule has 1 aromatic heterocycles. The van der Waals surface area contributed by atoms with Crippen LogP contribution in [0.1, 0.15) is 9.80 Å². The number of carbonyl (C=O) groups excluding carboxylic acids is 1. The third-order valence-electron chi connectivity index (χ3n) is 1.87. The summed E-state index contributed by atoms with van der Waals surface area (Å²) in [6.07, 6.45) is 0. The molecular weight excluding hydrogens is 240 g/mol. The molecule has 0 saturated carbocycles. The van der Waals surface area contributed by atoms with Crippen molar-refractivity contribution in [3.8, 4) is 0 Å². The van der Waals surface area contributed by atoms with Gasteiger partial charge >= 0.3 is 0 Å². The lowest BCUT2D eigenvalue weighted by atomic mass is 10.5. The SMILES string of the molecule is O=C(NN1CCOCC1)c1nnc(Cl)s1. The maximum atomic E-state index is 11.6. The summed E-state index contributed by atoms with van der Waals surface area (Å²) < 4.78 is 5.42. The molecule has 82 valence electrons. The number of carbonyl (C=O) groups is 1. The Morgan fingerprint density at radius 1 is 1.47 bits per heavy atom. The Kier molecular flexibility index (Phi) is 3.47. The van der Waals surface area contributed by atoms with Crippen molar-refractivity contribution in [1.29, 1.82) is 0 Å². The summed E-state index contributed by atoms with van der Waals surface area (Å²) >= 11 is 6.64. The number of rotatable bonds is 2. The Morgan fingerprint density at radius 3 is 2.80 bits per heavy atom.